The Bertz CT molecular complexity index is 433. The molecule has 2 aliphatic rings. The minimum Gasteiger partial charge on any atom is -0.106 e. The number of aryl methyl sites for hydroxylation is 1. The Morgan fingerprint density at radius 3 is 1.95 bits per heavy atom. The largest absolute Gasteiger partial charge is 0.106 e. The molecule has 3 rings (SSSR count). The van der Waals surface area contributed by atoms with Crippen molar-refractivity contribution in [2.45, 2.75) is 71.1 Å². The normalized spacial score (nSPS) is 32.8. The molecule has 1 unspecified atom stereocenters. The topological polar surface area (TPSA) is 0 Å². The van der Waals surface area contributed by atoms with Crippen molar-refractivity contribution >= 4 is 14.5 Å². The second kappa shape index (κ2) is 7.96. The molecule has 1 aromatic rings. The van der Waals surface area contributed by atoms with Crippen LogP contribution in [0.1, 0.15) is 70.3 Å². The SMILES string of the molecule is CC1CCC(C2CCC(CCc3ccc(P)cc3)CC2)CC1. The fourth-order valence-electron chi connectivity index (χ4n) is 4.76. The number of hydrogen-bond acceptors (Lipinski definition) is 0. The van der Waals surface area contributed by atoms with Gasteiger partial charge in [-0.2, -0.15) is 0 Å². The predicted molar refractivity (Wildman–Crippen MR) is 101 cm³/mol. The second-order valence-electron chi connectivity index (χ2n) is 8.08. The molecule has 2 fully saturated rings. The van der Waals surface area contributed by atoms with Crippen LogP contribution >= 0.6 is 9.24 Å². The van der Waals surface area contributed by atoms with Crippen LogP contribution in [0.2, 0.25) is 0 Å². The molecule has 0 spiro atoms. The van der Waals surface area contributed by atoms with Gasteiger partial charge in [0.1, 0.15) is 0 Å². The van der Waals surface area contributed by atoms with E-state index in [1.807, 2.05) is 0 Å². The van der Waals surface area contributed by atoms with Crippen LogP contribution in [-0.2, 0) is 6.42 Å². The van der Waals surface area contributed by atoms with Gasteiger partial charge >= 0.3 is 0 Å². The van der Waals surface area contributed by atoms with Gasteiger partial charge < -0.3 is 0 Å². The molecule has 0 heterocycles. The fraction of sp³-hybridized carbons (Fsp3) is 0.714. The number of rotatable bonds is 4. The zero-order valence-corrected chi connectivity index (χ0v) is 15.4. The second-order valence-corrected chi connectivity index (χ2v) is 8.75. The van der Waals surface area contributed by atoms with Crippen LogP contribution in [0.25, 0.3) is 0 Å². The first-order valence-electron chi connectivity index (χ1n) is 9.55. The Hall–Kier alpha value is -0.350. The lowest BCUT2D eigenvalue weighted by atomic mass is 9.69. The van der Waals surface area contributed by atoms with Crippen LogP contribution in [0.4, 0.5) is 0 Å². The minimum atomic E-state index is 0.995. The molecule has 0 radical (unpaired) electrons. The van der Waals surface area contributed by atoms with Crippen LogP contribution in [-0.4, -0.2) is 0 Å². The molecule has 2 aliphatic carbocycles. The van der Waals surface area contributed by atoms with E-state index in [0.29, 0.717) is 0 Å². The van der Waals surface area contributed by atoms with E-state index < -0.39 is 0 Å². The molecule has 1 heteroatoms. The van der Waals surface area contributed by atoms with Crippen molar-refractivity contribution in [2.24, 2.45) is 23.7 Å². The molecule has 0 N–H and O–H groups in total. The van der Waals surface area contributed by atoms with Crippen molar-refractivity contribution in [3.05, 3.63) is 29.8 Å². The van der Waals surface area contributed by atoms with Gasteiger partial charge in [-0.3, -0.25) is 0 Å². The van der Waals surface area contributed by atoms with E-state index in [0.717, 1.165) is 23.7 Å². The van der Waals surface area contributed by atoms with Gasteiger partial charge in [-0.15, -0.1) is 9.24 Å². The van der Waals surface area contributed by atoms with Crippen LogP contribution in [0.3, 0.4) is 0 Å². The first-order chi connectivity index (χ1) is 10.7. The Morgan fingerprint density at radius 1 is 0.818 bits per heavy atom. The van der Waals surface area contributed by atoms with Gasteiger partial charge in [0, 0.05) is 0 Å². The molecule has 0 aromatic heterocycles. The molecule has 0 aliphatic heterocycles. The quantitative estimate of drug-likeness (QED) is 0.620. The van der Waals surface area contributed by atoms with E-state index >= 15 is 0 Å². The lowest BCUT2D eigenvalue weighted by Gasteiger charge is -2.37. The summed E-state index contributed by atoms with van der Waals surface area (Å²) in [5, 5.41) is 1.30. The molecule has 0 amide bonds. The van der Waals surface area contributed by atoms with Gasteiger partial charge in [0.2, 0.25) is 0 Å². The van der Waals surface area contributed by atoms with Crippen molar-refractivity contribution in [3.8, 4) is 0 Å². The zero-order chi connectivity index (χ0) is 15.4. The highest BCUT2D eigenvalue weighted by atomic mass is 31.0. The summed E-state index contributed by atoms with van der Waals surface area (Å²) < 4.78 is 0. The van der Waals surface area contributed by atoms with Crippen molar-refractivity contribution in [3.63, 3.8) is 0 Å². The highest BCUT2D eigenvalue weighted by Crippen LogP contribution is 2.42. The highest BCUT2D eigenvalue weighted by Gasteiger charge is 2.29. The van der Waals surface area contributed by atoms with Gasteiger partial charge in [0.15, 0.2) is 0 Å². The van der Waals surface area contributed by atoms with E-state index in [1.165, 1.54) is 75.1 Å². The van der Waals surface area contributed by atoms with Crippen LogP contribution < -0.4 is 5.30 Å². The van der Waals surface area contributed by atoms with Gasteiger partial charge in [0.05, 0.1) is 0 Å². The molecule has 2 saturated carbocycles. The van der Waals surface area contributed by atoms with Gasteiger partial charge in [-0.1, -0.05) is 56.9 Å². The van der Waals surface area contributed by atoms with Crippen molar-refractivity contribution < 1.29 is 0 Å². The van der Waals surface area contributed by atoms with Crippen molar-refractivity contribution in [1.82, 2.24) is 0 Å². The first-order valence-corrected chi connectivity index (χ1v) is 10.1. The Morgan fingerprint density at radius 2 is 1.36 bits per heavy atom. The van der Waals surface area contributed by atoms with E-state index in [1.54, 1.807) is 0 Å². The molecule has 1 atom stereocenters. The summed E-state index contributed by atoms with van der Waals surface area (Å²) in [7, 11) is 2.77. The molecule has 0 saturated heterocycles. The van der Waals surface area contributed by atoms with E-state index in [-0.39, 0.29) is 0 Å². The molecular weight excluding hydrogens is 283 g/mol. The summed E-state index contributed by atoms with van der Waals surface area (Å²) in [4.78, 5) is 0. The summed E-state index contributed by atoms with van der Waals surface area (Å²) in [6.45, 7) is 2.44. The predicted octanol–water partition coefficient (Wildman–Crippen LogP) is 5.75. The summed E-state index contributed by atoms with van der Waals surface area (Å²) in [5.41, 5.74) is 1.52. The summed E-state index contributed by atoms with van der Waals surface area (Å²) in [6, 6.07) is 9.05. The minimum absolute atomic E-state index is 0.995. The van der Waals surface area contributed by atoms with Crippen LogP contribution in [0.15, 0.2) is 24.3 Å². The number of hydrogen-bond donors (Lipinski definition) is 0. The molecule has 22 heavy (non-hydrogen) atoms. The third-order valence-corrected chi connectivity index (χ3v) is 6.82. The average molecular weight is 316 g/mol. The average Bonchev–Trinajstić information content (AvgIpc) is 2.56. The van der Waals surface area contributed by atoms with E-state index in [4.69, 9.17) is 0 Å². The standard InChI is InChI=1S/C21H33P/c1-16-2-10-19(11-3-16)20-12-6-17(7-13-20)4-5-18-8-14-21(22)15-9-18/h8-9,14-17,19-20H,2-7,10-13,22H2,1H3. The molecule has 0 bridgehead atoms. The third-order valence-electron chi connectivity index (χ3n) is 6.44. The Labute approximate surface area is 139 Å². The third kappa shape index (κ3) is 4.58. The maximum Gasteiger partial charge on any atom is -0.0276 e. The lowest BCUT2D eigenvalue weighted by molar-refractivity contribution is 0.148. The van der Waals surface area contributed by atoms with Crippen molar-refractivity contribution in [2.75, 3.05) is 0 Å². The lowest BCUT2D eigenvalue weighted by Crippen LogP contribution is -2.25. The molecule has 1 aromatic carbocycles. The molecule has 122 valence electrons. The molecule has 0 nitrogen and oxygen atoms in total. The van der Waals surface area contributed by atoms with Crippen LogP contribution in [0, 0.1) is 23.7 Å². The monoisotopic (exact) mass is 316 g/mol. The maximum atomic E-state index is 2.77. The summed E-state index contributed by atoms with van der Waals surface area (Å²) in [5.74, 6) is 4.14. The Kier molecular flexibility index (Phi) is 5.97. The zero-order valence-electron chi connectivity index (χ0n) is 14.3. The smallest absolute Gasteiger partial charge is 0.0276 e. The summed E-state index contributed by atoms with van der Waals surface area (Å²) in [6.07, 6.45) is 14.8. The Balaban J connectivity index is 1.39. The maximum absolute atomic E-state index is 2.77. The van der Waals surface area contributed by atoms with Crippen molar-refractivity contribution in [1.29, 1.82) is 0 Å². The number of benzene rings is 1. The highest BCUT2D eigenvalue weighted by molar-refractivity contribution is 7.27. The van der Waals surface area contributed by atoms with E-state index in [9.17, 15) is 0 Å². The first kappa shape index (κ1) is 16.5. The van der Waals surface area contributed by atoms with E-state index in [2.05, 4.69) is 40.4 Å². The van der Waals surface area contributed by atoms with Crippen LogP contribution in [0.5, 0.6) is 0 Å². The fourth-order valence-corrected chi connectivity index (χ4v) is 4.95. The van der Waals surface area contributed by atoms with Gasteiger partial charge in [-0.25, -0.2) is 0 Å². The van der Waals surface area contributed by atoms with Gasteiger partial charge in [0.25, 0.3) is 0 Å². The molecular formula is C21H33P. The van der Waals surface area contributed by atoms with Gasteiger partial charge in [-0.05, 0) is 73.1 Å². The summed E-state index contributed by atoms with van der Waals surface area (Å²) >= 11 is 0.